The second-order valence-electron chi connectivity index (χ2n) is 16.1. The molecule has 0 aromatic rings. The Hall–Kier alpha value is -1.51. The second-order valence-corrected chi connectivity index (χ2v) is 17.5. The van der Waals surface area contributed by atoms with Crippen LogP contribution in [-0.4, -0.2) is 70.0 Å². The number of phosphoric ester groups is 1. The highest BCUT2D eigenvalue weighted by molar-refractivity contribution is 7.45. The van der Waals surface area contributed by atoms with E-state index >= 15 is 0 Å². The lowest BCUT2D eigenvalue weighted by atomic mass is 10.1. The summed E-state index contributed by atoms with van der Waals surface area (Å²) in [5.41, 5.74) is 0. The molecule has 0 saturated heterocycles. The third-order valence-corrected chi connectivity index (χ3v) is 10.4. The summed E-state index contributed by atoms with van der Waals surface area (Å²) in [7, 11) is 1.15. The summed E-state index contributed by atoms with van der Waals surface area (Å²) in [6.45, 7) is 4.19. The summed E-state index contributed by atoms with van der Waals surface area (Å²) in [5.74, 6) is -0.867. The molecule has 9 nitrogen and oxygen atoms in total. The van der Waals surface area contributed by atoms with E-state index in [2.05, 4.69) is 38.2 Å². The van der Waals surface area contributed by atoms with E-state index in [1.807, 2.05) is 21.1 Å². The van der Waals surface area contributed by atoms with E-state index in [9.17, 15) is 19.0 Å². The molecule has 0 aliphatic rings. The maximum atomic E-state index is 12.6. The third-order valence-electron chi connectivity index (χ3n) is 9.44. The number of carbonyl (C=O) groups excluding carboxylic acids is 2. The zero-order chi connectivity index (χ0) is 40.0. The Morgan fingerprint density at radius 2 is 0.944 bits per heavy atom. The maximum Gasteiger partial charge on any atom is 0.306 e. The molecule has 10 heteroatoms. The molecule has 0 saturated carbocycles. The summed E-state index contributed by atoms with van der Waals surface area (Å²) in [6.07, 6.45) is 39.2. The Balaban J connectivity index is 4.40. The zero-order valence-electron chi connectivity index (χ0n) is 35.7. The van der Waals surface area contributed by atoms with Crippen LogP contribution in [0.25, 0.3) is 0 Å². The number of rotatable bonds is 40. The van der Waals surface area contributed by atoms with Gasteiger partial charge in [0.2, 0.25) is 0 Å². The summed E-state index contributed by atoms with van der Waals surface area (Å²) in [6, 6.07) is 0. The van der Waals surface area contributed by atoms with Crippen LogP contribution in [0.2, 0.25) is 0 Å². The van der Waals surface area contributed by atoms with Gasteiger partial charge in [-0.15, -0.1) is 0 Å². The molecule has 0 rings (SSSR count). The largest absolute Gasteiger partial charge is 0.756 e. The van der Waals surface area contributed by atoms with Crippen molar-refractivity contribution in [2.75, 3.05) is 47.5 Å². The van der Waals surface area contributed by atoms with Gasteiger partial charge in [0.05, 0.1) is 27.7 Å². The predicted molar refractivity (Wildman–Crippen MR) is 222 cm³/mol. The monoisotopic (exact) mass is 786 g/mol. The Bertz CT molecular complexity index is 980. The lowest BCUT2D eigenvalue weighted by Gasteiger charge is -2.28. The maximum absolute atomic E-state index is 12.6. The van der Waals surface area contributed by atoms with Gasteiger partial charge in [-0.1, -0.05) is 141 Å². The molecular formula is C44H84NO8P. The first-order valence-corrected chi connectivity index (χ1v) is 23.5. The number of esters is 2. The molecule has 0 heterocycles. The van der Waals surface area contributed by atoms with Crippen LogP contribution in [0, 0.1) is 0 Å². The second kappa shape index (κ2) is 37.1. The molecule has 0 spiro atoms. The minimum absolute atomic E-state index is 0.0346. The Kier molecular flexibility index (Phi) is 36.1. The first-order chi connectivity index (χ1) is 26.0. The average Bonchev–Trinajstić information content (AvgIpc) is 3.12. The van der Waals surface area contributed by atoms with Crippen LogP contribution in [0.5, 0.6) is 0 Å². The van der Waals surface area contributed by atoms with Gasteiger partial charge in [0.1, 0.15) is 19.8 Å². The number of unbranched alkanes of at least 4 members (excludes halogenated alkanes) is 22. The summed E-state index contributed by atoms with van der Waals surface area (Å²) >= 11 is 0. The smallest absolute Gasteiger partial charge is 0.306 e. The SMILES string of the molecule is CCCCCCCCCC/C=C/CCCCCC(=O)OC[C@H](COP(=O)([O-])OCC[N+](C)(C)C)OC(=O)CCCCC/C=C/CCCCCCCCCC. The highest BCUT2D eigenvalue weighted by Gasteiger charge is 2.21. The Morgan fingerprint density at radius 3 is 1.37 bits per heavy atom. The van der Waals surface area contributed by atoms with Gasteiger partial charge >= 0.3 is 11.9 Å². The minimum atomic E-state index is -4.63. The number of carbonyl (C=O) groups is 2. The number of hydrogen-bond acceptors (Lipinski definition) is 8. The molecule has 2 atom stereocenters. The van der Waals surface area contributed by atoms with Gasteiger partial charge in [-0.3, -0.25) is 14.2 Å². The fourth-order valence-corrected chi connectivity index (χ4v) is 6.67. The van der Waals surface area contributed by atoms with E-state index < -0.39 is 32.5 Å². The predicted octanol–water partition coefficient (Wildman–Crippen LogP) is 11.7. The third kappa shape index (κ3) is 40.2. The van der Waals surface area contributed by atoms with Gasteiger partial charge in [0.25, 0.3) is 7.82 Å². The lowest BCUT2D eigenvalue weighted by molar-refractivity contribution is -0.870. The summed E-state index contributed by atoms with van der Waals surface area (Å²) in [5, 5.41) is 0. The van der Waals surface area contributed by atoms with Crippen molar-refractivity contribution >= 4 is 19.8 Å². The average molecular weight is 786 g/mol. The van der Waals surface area contributed by atoms with Gasteiger partial charge in [-0.05, 0) is 64.2 Å². The van der Waals surface area contributed by atoms with Crippen LogP contribution in [0.4, 0.5) is 0 Å². The highest BCUT2D eigenvalue weighted by Crippen LogP contribution is 2.38. The van der Waals surface area contributed by atoms with Crippen molar-refractivity contribution in [2.45, 2.75) is 200 Å². The number of nitrogens with zero attached hydrogens (tertiary/aromatic N) is 1. The van der Waals surface area contributed by atoms with Gasteiger partial charge in [0, 0.05) is 12.8 Å². The van der Waals surface area contributed by atoms with Crippen molar-refractivity contribution in [3.05, 3.63) is 24.3 Å². The fraction of sp³-hybridized carbons (Fsp3) is 0.864. The van der Waals surface area contributed by atoms with E-state index in [0.29, 0.717) is 23.9 Å². The van der Waals surface area contributed by atoms with Gasteiger partial charge in [-0.2, -0.15) is 0 Å². The topological polar surface area (TPSA) is 111 Å². The van der Waals surface area contributed by atoms with Gasteiger partial charge < -0.3 is 27.9 Å². The Labute approximate surface area is 332 Å². The molecule has 0 amide bonds. The van der Waals surface area contributed by atoms with Crippen LogP contribution in [0.3, 0.4) is 0 Å². The van der Waals surface area contributed by atoms with Gasteiger partial charge in [0.15, 0.2) is 6.10 Å². The van der Waals surface area contributed by atoms with Crippen molar-refractivity contribution in [1.29, 1.82) is 0 Å². The normalized spacial score (nSPS) is 13.8. The Morgan fingerprint density at radius 1 is 0.556 bits per heavy atom. The summed E-state index contributed by atoms with van der Waals surface area (Å²) in [4.78, 5) is 37.5. The molecule has 0 aromatic carbocycles. The molecule has 0 aromatic heterocycles. The quantitative estimate of drug-likeness (QED) is 0.0198. The molecule has 54 heavy (non-hydrogen) atoms. The van der Waals surface area contributed by atoms with Crippen molar-refractivity contribution in [3.63, 3.8) is 0 Å². The lowest BCUT2D eigenvalue weighted by Crippen LogP contribution is -2.37. The van der Waals surface area contributed by atoms with Crippen LogP contribution in [0.15, 0.2) is 24.3 Å². The molecule has 0 radical (unpaired) electrons. The molecule has 0 aliphatic carbocycles. The molecular weight excluding hydrogens is 701 g/mol. The first-order valence-electron chi connectivity index (χ1n) is 22.0. The minimum Gasteiger partial charge on any atom is -0.756 e. The standard InChI is InChI=1S/C44H84NO8P/c1-6-8-10-12-14-16-18-20-22-24-26-28-30-32-34-36-43(46)50-40-42(41-52-54(48,49)51-39-38-45(3,4)5)53-44(47)37-35-33-31-29-27-25-23-21-19-17-15-13-11-9-7-2/h24-27,42H,6-23,28-41H2,1-5H3/b26-24+,27-25+/t42-/m1/s1. The van der Waals surface area contributed by atoms with E-state index in [-0.39, 0.29) is 26.1 Å². The summed E-state index contributed by atoms with van der Waals surface area (Å²) < 4.78 is 33.8. The van der Waals surface area contributed by atoms with E-state index in [4.69, 9.17) is 18.5 Å². The molecule has 318 valence electrons. The molecule has 0 N–H and O–H groups in total. The zero-order valence-corrected chi connectivity index (χ0v) is 36.6. The molecule has 0 aliphatic heterocycles. The number of ether oxygens (including phenoxy) is 2. The van der Waals surface area contributed by atoms with Crippen molar-refractivity contribution in [3.8, 4) is 0 Å². The molecule has 0 bridgehead atoms. The van der Waals surface area contributed by atoms with Crippen LogP contribution in [0.1, 0.15) is 194 Å². The van der Waals surface area contributed by atoms with Crippen molar-refractivity contribution < 1.29 is 42.1 Å². The first kappa shape index (κ1) is 52.5. The van der Waals surface area contributed by atoms with Crippen LogP contribution in [-0.2, 0) is 32.7 Å². The number of quaternary nitrogens is 1. The number of hydrogen-bond donors (Lipinski definition) is 0. The fourth-order valence-electron chi connectivity index (χ4n) is 5.94. The van der Waals surface area contributed by atoms with Gasteiger partial charge in [-0.25, -0.2) is 0 Å². The van der Waals surface area contributed by atoms with Crippen molar-refractivity contribution in [1.82, 2.24) is 0 Å². The van der Waals surface area contributed by atoms with Crippen molar-refractivity contribution in [2.24, 2.45) is 0 Å². The molecule has 0 fully saturated rings. The van der Waals surface area contributed by atoms with E-state index in [0.717, 1.165) is 51.4 Å². The number of likely N-dealkylation sites (N-methyl/N-ethyl adjacent to an activating group) is 1. The number of allylic oxidation sites excluding steroid dienone is 4. The van der Waals surface area contributed by atoms with E-state index in [1.54, 1.807) is 0 Å². The molecule has 1 unspecified atom stereocenters. The van der Waals surface area contributed by atoms with E-state index in [1.165, 1.54) is 103 Å². The van der Waals surface area contributed by atoms with Crippen LogP contribution >= 0.6 is 7.82 Å². The highest BCUT2D eigenvalue weighted by atomic mass is 31.2. The van der Waals surface area contributed by atoms with Crippen LogP contribution < -0.4 is 4.89 Å². The number of phosphoric acid groups is 1.